The van der Waals surface area contributed by atoms with Crippen molar-refractivity contribution in [3.05, 3.63) is 59.7 Å². The van der Waals surface area contributed by atoms with Gasteiger partial charge in [0.15, 0.2) is 0 Å². The van der Waals surface area contributed by atoms with E-state index in [1.807, 2.05) is 48.5 Å². The van der Waals surface area contributed by atoms with Crippen LogP contribution in [-0.2, 0) is 14.4 Å². The van der Waals surface area contributed by atoms with Crippen molar-refractivity contribution in [1.82, 2.24) is 10.2 Å². The summed E-state index contributed by atoms with van der Waals surface area (Å²) in [7, 11) is 0. The molecular formula is C22H20N2O4. The van der Waals surface area contributed by atoms with Gasteiger partial charge < -0.3 is 9.64 Å². The number of nitrogens with zero attached hydrogens (tertiary/aromatic N) is 1. The summed E-state index contributed by atoms with van der Waals surface area (Å²) in [5.74, 6) is 0.0764. The maximum absolute atomic E-state index is 13.7. The van der Waals surface area contributed by atoms with Crippen molar-refractivity contribution in [2.45, 2.75) is 19.8 Å². The fourth-order valence-electron chi connectivity index (χ4n) is 4.71. The van der Waals surface area contributed by atoms with Gasteiger partial charge >= 0.3 is 0 Å². The predicted molar refractivity (Wildman–Crippen MR) is 101 cm³/mol. The first kappa shape index (κ1) is 17.0. The zero-order valence-electron chi connectivity index (χ0n) is 15.7. The molecule has 6 nitrogen and oxygen atoms in total. The summed E-state index contributed by atoms with van der Waals surface area (Å²) in [6.07, 6.45) is 0. The Labute approximate surface area is 162 Å². The molecule has 0 aliphatic carbocycles. The Kier molecular flexibility index (Phi) is 3.30. The Morgan fingerprint density at radius 3 is 1.89 bits per heavy atom. The highest BCUT2D eigenvalue weighted by Crippen LogP contribution is 2.52. The van der Waals surface area contributed by atoms with Gasteiger partial charge in [0.1, 0.15) is 11.5 Å². The van der Waals surface area contributed by atoms with E-state index >= 15 is 0 Å². The Morgan fingerprint density at radius 2 is 1.39 bits per heavy atom. The Bertz CT molecular complexity index is 975. The van der Waals surface area contributed by atoms with Crippen LogP contribution in [-0.4, -0.2) is 35.7 Å². The van der Waals surface area contributed by atoms with E-state index in [0.717, 1.165) is 11.1 Å². The Balaban J connectivity index is 1.57. The molecule has 0 bridgehead atoms. The number of para-hydroxylation sites is 2. The molecule has 6 heteroatoms. The van der Waals surface area contributed by atoms with Crippen molar-refractivity contribution >= 4 is 17.7 Å². The largest absolute Gasteiger partial charge is 0.457 e. The molecule has 3 amide bonds. The number of benzene rings is 2. The van der Waals surface area contributed by atoms with Crippen LogP contribution in [0.25, 0.3) is 0 Å². The molecule has 2 aromatic rings. The van der Waals surface area contributed by atoms with Crippen molar-refractivity contribution in [2.24, 2.45) is 10.8 Å². The smallest absolute Gasteiger partial charge is 0.235 e. The molecule has 0 saturated carbocycles. The molecule has 2 aromatic carbocycles. The van der Waals surface area contributed by atoms with Gasteiger partial charge in [0.2, 0.25) is 17.7 Å². The van der Waals surface area contributed by atoms with Crippen LogP contribution in [0, 0.1) is 10.8 Å². The average Bonchev–Trinajstić information content (AvgIpc) is 3.06. The molecule has 28 heavy (non-hydrogen) atoms. The monoisotopic (exact) mass is 376 g/mol. The molecule has 2 fully saturated rings. The molecule has 0 aromatic heterocycles. The maximum Gasteiger partial charge on any atom is 0.235 e. The average molecular weight is 376 g/mol. The molecule has 0 radical (unpaired) electrons. The number of fused-ring (bicyclic) bond motifs is 3. The van der Waals surface area contributed by atoms with Crippen LogP contribution in [0.1, 0.15) is 30.9 Å². The molecule has 2 atom stereocenters. The van der Waals surface area contributed by atoms with E-state index in [1.54, 1.807) is 18.7 Å². The van der Waals surface area contributed by atoms with Gasteiger partial charge in [-0.05, 0) is 26.0 Å². The Morgan fingerprint density at radius 1 is 0.929 bits per heavy atom. The van der Waals surface area contributed by atoms with Crippen molar-refractivity contribution in [3.63, 3.8) is 0 Å². The normalized spacial score (nSPS) is 28.3. The van der Waals surface area contributed by atoms with Crippen molar-refractivity contribution in [2.75, 3.05) is 13.1 Å². The fraction of sp³-hybridized carbons (Fsp3) is 0.318. The van der Waals surface area contributed by atoms with Gasteiger partial charge in [-0.15, -0.1) is 0 Å². The minimum atomic E-state index is -0.913. The van der Waals surface area contributed by atoms with Crippen LogP contribution in [0.3, 0.4) is 0 Å². The second-order valence-electron chi connectivity index (χ2n) is 8.25. The van der Waals surface area contributed by atoms with Gasteiger partial charge in [-0.3, -0.25) is 19.7 Å². The van der Waals surface area contributed by atoms with E-state index < -0.39 is 16.7 Å². The molecule has 3 aliphatic rings. The van der Waals surface area contributed by atoms with Crippen molar-refractivity contribution in [3.8, 4) is 11.5 Å². The molecule has 3 aliphatic heterocycles. The summed E-state index contributed by atoms with van der Waals surface area (Å²) in [6.45, 7) is 3.99. The molecule has 142 valence electrons. The topological polar surface area (TPSA) is 75.7 Å². The molecule has 2 saturated heterocycles. The van der Waals surface area contributed by atoms with Gasteiger partial charge in [0.25, 0.3) is 0 Å². The number of hydrogen-bond donors (Lipinski definition) is 1. The van der Waals surface area contributed by atoms with E-state index in [0.29, 0.717) is 11.5 Å². The van der Waals surface area contributed by atoms with Crippen molar-refractivity contribution in [1.29, 1.82) is 0 Å². The number of carbonyl (C=O) groups excluding carboxylic acids is 3. The molecular weight excluding hydrogens is 356 g/mol. The number of rotatable bonds is 1. The summed E-state index contributed by atoms with van der Waals surface area (Å²) in [5.41, 5.74) is -0.225. The summed E-state index contributed by atoms with van der Waals surface area (Å²) < 4.78 is 5.98. The fourth-order valence-corrected chi connectivity index (χ4v) is 4.71. The van der Waals surface area contributed by atoms with Gasteiger partial charge in [-0.25, -0.2) is 0 Å². The zero-order chi connectivity index (χ0) is 19.7. The number of hydrogen-bond acceptors (Lipinski definition) is 4. The molecule has 0 spiro atoms. The minimum Gasteiger partial charge on any atom is -0.457 e. The number of amides is 3. The van der Waals surface area contributed by atoms with E-state index in [4.69, 9.17) is 4.74 Å². The summed E-state index contributed by atoms with van der Waals surface area (Å²) in [6, 6.07) is 15.0. The molecule has 3 heterocycles. The SMILES string of the molecule is CC12CN(C(=O)C3c4ccccc4Oc4ccccc43)CC1(C)C(=O)NC2=O. The van der Waals surface area contributed by atoms with Crippen LogP contribution in [0.2, 0.25) is 0 Å². The first-order chi connectivity index (χ1) is 13.3. The highest BCUT2D eigenvalue weighted by Gasteiger charge is 2.66. The predicted octanol–water partition coefficient (Wildman–Crippen LogP) is 2.44. The number of carbonyl (C=O) groups is 3. The second kappa shape index (κ2) is 5.44. The summed E-state index contributed by atoms with van der Waals surface area (Å²) in [4.78, 5) is 40.2. The van der Waals surface area contributed by atoms with Crippen LogP contribution in [0.15, 0.2) is 48.5 Å². The zero-order valence-corrected chi connectivity index (χ0v) is 15.7. The highest BCUT2D eigenvalue weighted by molar-refractivity contribution is 6.10. The van der Waals surface area contributed by atoms with Crippen LogP contribution >= 0.6 is 0 Å². The minimum absolute atomic E-state index is 0.111. The van der Waals surface area contributed by atoms with Gasteiger partial charge in [0, 0.05) is 24.2 Å². The molecule has 2 unspecified atom stereocenters. The van der Waals surface area contributed by atoms with E-state index in [2.05, 4.69) is 5.32 Å². The van der Waals surface area contributed by atoms with Gasteiger partial charge in [-0.2, -0.15) is 0 Å². The number of nitrogens with one attached hydrogen (secondary N) is 1. The third-order valence-corrected chi connectivity index (χ3v) is 6.70. The highest BCUT2D eigenvalue weighted by atomic mass is 16.5. The lowest BCUT2D eigenvalue weighted by molar-refractivity contribution is -0.133. The van der Waals surface area contributed by atoms with E-state index in [9.17, 15) is 14.4 Å². The van der Waals surface area contributed by atoms with Gasteiger partial charge in [-0.1, -0.05) is 36.4 Å². The second-order valence-corrected chi connectivity index (χ2v) is 8.25. The van der Waals surface area contributed by atoms with E-state index in [1.165, 1.54) is 0 Å². The van der Waals surface area contributed by atoms with Crippen LogP contribution in [0.5, 0.6) is 11.5 Å². The first-order valence-corrected chi connectivity index (χ1v) is 9.35. The quantitative estimate of drug-likeness (QED) is 0.776. The number of ether oxygens (including phenoxy) is 1. The third-order valence-electron chi connectivity index (χ3n) is 6.70. The van der Waals surface area contributed by atoms with Crippen molar-refractivity contribution < 1.29 is 19.1 Å². The maximum atomic E-state index is 13.7. The molecule has 1 N–H and O–H groups in total. The Hall–Kier alpha value is -3.15. The first-order valence-electron chi connectivity index (χ1n) is 9.35. The third kappa shape index (κ3) is 2.00. The lowest BCUT2D eigenvalue weighted by atomic mass is 9.70. The number of likely N-dealkylation sites (tertiary alicyclic amines) is 1. The van der Waals surface area contributed by atoms with Gasteiger partial charge in [0.05, 0.1) is 16.7 Å². The lowest BCUT2D eigenvalue weighted by Crippen LogP contribution is -2.40. The number of imide groups is 1. The summed E-state index contributed by atoms with van der Waals surface area (Å²) in [5, 5.41) is 2.43. The lowest BCUT2D eigenvalue weighted by Gasteiger charge is -2.31. The van der Waals surface area contributed by atoms with Crippen LogP contribution in [0.4, 0.5) is 0 Å². The van der Waals surface area contributed by atoms with E-state index in [-0.39, 0.29) is 30.8 Å². The molecule has 5 rings (SSSR count). The van der Waals surface area contributed by atoms with Crippen LogP contribution < -0.4 is 10.1 Å². The summed E-state index contributed by atoms with van der Waals surface area (Å²) >= 11 is 0. The standard InChI is InChI=1S/C22H20N2O4/c1-21-11-24(12-22(21,2)20(27)23-19(21)26)18(25)17-13-7-3-5-9-15(13)28-16-10-6-4-8-14(16)17/h3-10,17H,11-12H2,1-2H3,(H,23,26,27).